The van der Waals surface area contributed by atoms with Gasteiger partial charge in [0.25, 0.3) is 0 Å². The molecule has 31 heteroatoms. The molecule has 0 heterocycles. The molecule has 0 aromatic heterocycles. The van der Waals surface area contributed by atoms with Crippen molar-refractivity contribution in [2.75, 3.05) is 33.0 Å². The fourth-order valence-corrected chi connectivity index (χ4v) is 9.50. The number of carboxylic acids is 1. The summed E-state index contributed by atoms with van der Waals surface area (Å²) in [4.78, 5) is 66.9. The number of aliphatic hydroxyl groups is 4. The summed E-state index contributed by atoms with van der Waals surface area (Å²) in [6, 6.07) is 43.8. The molecule has 0 aliphatic rings. The van der Waals surface area contributed by atoms with Gasteiger partial charge in [-0.3, -0.25) is 0 Å². The van der Waals surface area contributed by atoms with Crippen LogP contribution in [0.1, 0.15) is 175 Å². The number of rotatable bonds is 27. The van der Waals surface area contributed by atoms with Crippen LogP contribution in [0.25, 0.3) is 0 Å². The van der Waals surface area contributed by atoms with E-state index in [1.54, 1.807) is 76.2 Å². The molecule has 0 aliphatic heterocycles. The topological polar surface area (TPSA) is 382 Å². The van der Waals surface area contributed by atoms with Crippen molar-refractivity contribution in [1.29, 1.82) is 0 Å². The van der Waals surface area contributed by atoms with Gasteiger partial charge in [-0.1, -0.05) is 117 Å². The minimum atomic E-state index is -0.991. The molecule has 0 saturated carbocycles. The number of hydrogen-bond acceptors (Lipinski definition) is 22. The number of carboxylic acid groups (broad SMARTS) is 1. The van der Waals surface area contributed by atoms with Crippen LogP contribution in [0.3, 0.4) is 0 Å². The van der Waals surface area contributed by atoms with E-state index >= 15 is 0 Å². The molecule has 6 aromatic rings. The molecule has 6 aromatic carbocycles. The monoisotopic (exact) mass is 1910 g/mol. The Kier molecular flexibility index (Phi) is 64.5. The van der Waals surface area contributed by atoms with Crippen LogP contribution >= 0.6 is 63.7 Å². The Labute approximate surface area is 750 Å². The molecule has 6 rings (SSSR count). The predicted molar refractivity (Wildman–Crippen MR) is 472 cm³/mol. The molecule has 10 N–H and O–H groups in total. The number of phenols is 1. The van der Waals surface area contributed by atoms with Gasteiger partial charge in [0.1, 0.15) is 75.7 Å². The quantitative estimate of drug-likeness (QED) is 0.0100. The van der Waals surface area contributed by atoms with E-state index in [-0.39, 0.29) is 98.4 Å². The number of ether oxygens (including phenoxy) is 10. The molecule has 119 heavy (non-hydrogen) atoms. The molecule has 9 atom stereocenters. The number of phenolic OH excluding ortho intramolecular Hbond substituents is 1. The Bertz CT molecular complexity index is 3910. The maximum absolute atomic E-state index is 11.9. The van der Waals surface area contributed by atoms with Crippen molar-refractivity contribution >= 4 is 99.9 Å². The van der Waals surface area contributed by atoms with Crippen molar-refractivity contribution in [3.8, 4) is 58.7 Å². The number of aromatic hydroxyl groups is 1. The molecule has 0 radical (unpaired) electrons. The first-order valence-corrected chi connectivity index (χ1v) is 41.2. The van der Waals surface area contributed by atoms with Gasteiger partial charge in [0, 0.05) is 6.04 Å². The van der Waals surface area contributed by atoms with Crippen LogP contribution in [0.15, 0.2) is 163 Å². The normalized spacial score (nSPS) is 12.5. The second-order valence-corrected chi connectivity index (χ2v) is 31.6. The van der Waals surface area contributed by atoms with Gasteiger partial charge in [0.15, 0.2) is 12.2 Å². The third-order valence-electron chi connectivity index (χ3n) is 13.9. The summed E-state index contributed by atoms with van der Waals surface area (Å²) < 4.78 is 55.4. The number of terminal acetylenes is 1. The fourth-order valence-electron chi connectivity index (χ4n) is 8.08. The first-order valence-electron chi connectivity index (χ1n) is 38.1. The number of nitrogens with one attached hydrogen (secondary N) is 3. The van der Waals surface area contributed by atoms with E-state index in [2.05, 4.69) is 102 Å². The third kappa shape index (κ3) is 59.2. The maximum Gasteiger partial charge on any atom is 1.00 e. The Hall–Kier alpha value is -8.22. The van der Waals surface area contributed by atoms with Gasteiger partial charge in [-0.25, -0.2) is 28.8 Å². The SMILES string of the molecule is C#C[C@@H](CC)NC(=O)OC(C)(C)C.CCOC(=O)[C@@H](C)Oc1ccccc1Br.CCOC(=O)[C@H](C)O.CC[C@H](C#Cc1ccccc1O[C@H](C)CO)NC(=O)OC(C)(C)C.CC[C@H](CCc1ccccc1O[C@H](C)CO)NC(=O)OC(C)(C)C.C[C@@H](Oc1ccccc1Br)C(=O)O.C[C@H](CO)Oc1ccccc1Br.Oc1ccccc1Br.[Li+].[OH-]. The summed E-state index contributed by atoms with van der Waals surface area (Å²) >= 11 is 13.1. The van der Waals surface area contributed by atoms with Crippen LogP contribution in [0.4, 0.5) is 14.4 Å². The number of benzene rings is 6. The van der Waals surface area contributed by atoms with Gasteiger partial charge in [-0.2, -0.15) is 0 Å². The zero-order valence-corrected chi connectivity index (χ0v) is 78.7. The van der Waals surface area contributed by atoms with Crippen molar-refractivity contribution in [1.82, 2.24) is 16.0 Å². The van der Waals surface area contributed by atoms with Crippen LogP contribution in [-0.4, -0.2) is 177 Å². The summed E-state index contributed by atoms with van der Waals surface area (Å²) in [6.07, 6.45) is 4.48. The number of carbonyl (C=O) groups is 6. The summed E-state index contributed by atoms with van der Waals surface area (Å²) in [5, 5.41) is 61.2. The van der Waals surface area contributed by atoms with Crippen LogP contribution in [0.2, 0.25) is 0 Å². The first-order chi connectivity index (χ1) is 54.9. The van der Waals surface area contributed by atoms with Gasteiger partial charge in [0.2, 0.25) is 0 Å². The van der Waals surface area contributed by atoms with Crippen LogP contribution < -0.4 is 58.5 Å². The van der Waals surface area contributed by atoms with Crippen LogP contribution in [0, 0.1) is 24.2 Å². The first kappa shape index (κ1) is 117. The number of hydrogen-bond donors (Lipinski definition) is 9. The van der Waals surface area contributed by atoms with E-state index in [0.29, 0.717) is 48.9 Å². The smallest absolute Gasteiger partial charge is 0.870 e. The van der Waals surface area contributed by atoms with E-state index in [1.165, 1.54) is 13.8 Å². The summed E-state index contributed by atoms with van der Waals surface area (Å²) in [5.74, 6) is 10.2. The fraction of sp³-hybridized carbons (Fsp3) is 0.477. The van der Waals surface area contributed by atoms with Crippen LogP contribution in [-0.2, 0) is 44.5 Å². The zero-order chi connectivity index (χ0) is 89.4. The van der Waals surface area contributed by atoms with Gasteiger partial charge in [-0.15, -0.1) is 6.42 Å². The third-order valence-corrected chi connectivity index (χ3v) is 16.6. The van der Waals surface area contributed by atoms with Gasteiger partial charge < -0.3 is 99.4 Å². The van der Waals surface area contributed by atoms with E-state index in [1.807, 2.05) is 194 Å². The van der Waals surface area contributed by atoms with Crippen molar-refractivity contribution in [3.63, 3.8) is 0 Å². The predicted octanol–water partition coefficient (Wildman–Crippen LogP) is 14.9. The number of alkyl carbamates (subject to hydrolysis) is 3. The van der Waals surface area contributed by atoms with E-state index in [0.717, 1.165) is 54.2 Å². The standard InChI is InChI=1S/C19H31NO4.C19H27NO4.C11H13BrO3.C10H17NO2.C9H9BrO3.C9H11BrO2.C6H5BrO.C5H10O3.Li.H2O/c2*1-6-16(20-18(22)24-19(3,4)5)12-11-15-9-7-8-10-17(15)23-14(2)13-21;1-3-14-11(13)8(2)15-10-7-5-4-6-9(10)12;1-6-8(7-2)11-9(12)13-10(3,4)5;1-6(9(11)12)13-8-5-3-2-4-7(8)10;1-7(6-11)12-9-5-3-2-4-8(9)10;7-5-3-1-2-4-6(5)8;1-3-8-5(7)4(2)6;;/h7-10,14,16,21H,6,11-13H2,1-5H3,(H,20,22);7-10,14,16,21H,6,13H2,1-5H3,(H,20,22);4-8H,3H2,1-2H3;1,8H,7H2,2-5H3,(H,11,12);2-6H,1H3,(H,11,12);2-5,7,11H,6H2,1H3;1-4,8H;4,6H,3H2,1-2H3;;1H2/q;;;;;;;;+1;/p-1/t2*14-,16-;2*8-;6-;7-;;4-;;/m111011.0../s1. The summed E-state index contributed by atoms with van der Waals surface area (Å²) in [7, 11) is 0. The van der Waals surface area contributed by atoms with E-state index < -0.39 is 59.2 Å². The summed E-state index contributed by atoms with van der Waals surface area (Å²) in [6.45, 7) is 36.3. The van der Waals surface area contributed by atoms with Crippen LogP contribution in [0.5, 0.6) is 34.5 Å². The van der Waals surface area contributed by atoms with E-state index in [9.17, 15) is 28.8 Å². The Balaban J connectivity index is -0.000000651. The largest absolute Gasteiger partial charge is 1.00 e. The molecular weight excluding hydrogens is 1790 g/mol. The van der Waals surface area contributed by atoms with E-state index in [4.69, 9.17) is 79.7 Å². The Morgan fingerprint density at radius 3 is 1.15 bits per heavy atom. The molecule has 0 aliphatic carbocycles. The van der Waals surface area contributed by atoms with Gasteiger partial charge in [-0.05, 0) is 286 Å². The number of carbonyl (C=O) groups excluding carboxylic acids is 5. The maximum atomic E-state index is 11.9. The number of aliphatic carboxylic acids is 1. The van der Waals surface area contributed by atoms with Crippen molar-refractivity contribution < 1.29 is 131 Å². The minimum Gasteiger partial charge on any atom is -0.870 e. The number of para-hydroxylation sites is 6. The molecule has 3 amide bonds. The van der Waals surface area contributed by atoms with Crippen molar-refractivity contribution in [2.45, 2.75) is 242 Å². The summed E-state index contributed by atoms with van der Waals surface area (Å²) in [5.41, 5.74) is 0.265. The second kappa shape index (κ2) is 65.5. The van der Waals surface area contributed by atoms with Gasteiger partial charge >= 0.3 is 55.0 Å². The molecule has 0 fully saturated rings. The molecule has 26 nitrogen and oxygen atoms in total. The van der Waals surface area contributed by atoms with Gasteiger partial charge in [0.05, 0.1) is 68.6 Å². The molecule has 0 saturated heterocycles. The zero-order valence-electron chi connectivity index (χ0n) is 72.4. The molecule has 0 bridgehead atoms. The number of aliphatic hydroxyl groups excluding tert-OH is 4. The minimum absolute atomic E-state index is 0. The Morgan fingerprint density at radius 1 is 0.454 bits per heavy atom. The number of amides is 3. The average molecular weight is 1920 g/mol. The van der Waals surface area contributed by atoms with Crippen molar-refractivity contribution in [2.24, 2.45) is 0 Å². The molecule has 658 valence electrons. The second-order valence-electron chi connectivity index (χ2n) is 28.2. The molecule has 0 spiro atoms. The average Bonchev–Trinajstić information content (AvgIpc) is 0.887. The number of halogens is 4. The number of aryl methyl sites for hydroxylation is 1. The van der Waals surface area contributed by atoms with Crippen molar-refractivity contribution in [3.05, 3.63) is 175 Å². The molecule has 0 unspecified atom stereocenters. The molecular formula is C88H124Br4LiN3O23. The Morgan fingerprint density at radius 2 is 0.798 bits per heavy atom. The number of esters is 2.